The molecule has 90 valence electrons. The van der Waals surface area contributed by atoms with Crippen LogP contribution in [0.2, 0.25) is 0 Å². The van der Waals surface area contributed by atoms with Crippen LogP contribution in [0.5, 0.6) is 5.06 Å². The Hall–Kier alpha value is -1.12. The SMILES string of the molecule is CNS(=O)(=O)c1cc(OC)sc1C(=O)OC. The van der Waals surface area contributed by atoms with E-state index in [2.05, 4.69) is 9.46 Å². The maximum Gasteiger partial charge on any atom is 0.349 e. The molecule has 1 N–H and O–H groups in total. The largest absolute Gasteiger partial charge is 0.487 e. The zero-order valence-corrected chi connectivity index (χ0v) is 10.6. The second-order valence-corrected chi connectivity index (χ2v) is 5.53. The van der Waals surface area contributed by atoms with Gasteiger partial charge in [0.2, 0.25) is 10.0 Å². The van der Waals surface area contributed by atoms with Crippen molar-refractivity contribution in [3.63, 3.8) is 0 Å². The van der Waals surface area contributed by atoms with Crippen LogP contribution in [-0.4, -0.2) is 35.7 Å². The number of methoxy groups -OCH3 is 2. The monoisotopic (exact) mass is 265 g/mol. The molecular weight excluding hydrogens is 254 g/mol. The van der Waals surface area contributed by atoms with E-state index in [4.69, 9.17) is 4.74 Å². The number of carbonyl (C=O) groups is 1. The molecule has 6 nitrogen and oxygen atoms in total. The zero-order valence-electron chi connectivity index (χ0n) is 8.94. The fourth-order valence-corrected chi connectivity index (χ4v) is 3.12. The minimum Gasteiger partial charge on any atom is -0.487 e. The van der Waals surface area contributed by atoms with Gasteiger partial charge in [0.15, 0.2) is 5.06 Å². The predicted molar refractivity (Wildman–Crippen MR) is 58.5 cm³/mol. The summed E-state index contributed by atoms with van der Waals surface area (Å²) in [6, 6.07) is 1.28. The Labute approximate surface area is 97.2 Å². The molecule has 0 aliphatic rings. The zero-order chi connectivity index (χ0) is 12.3. The van der Waals surface area contributed by atoms with Crippen molar-refractivity contribution in [3.05, 3.63) is 10.9 Å². The lowest BCUT2D eigenvalue weighted by atomic mass is 10.5. The van der Waals surface area contributed by atoms with E-state index >= 15 is 0 Å². The van der Waals surface area contributed by atoms with Gasteiger partial charge in [-0.05, 0) is 7.05 Å². The van der Waals surface area contributed by atoms with Crippen molar-refractivity contribution >= 4 is 27.3 Å². The molecule has 1 aromatic rings. The molecule has 0 atom stereocenters. The van der Waals surface area contributed by atoms with Crippen LogP contribution in [0.15, 0.2) is 11.0 Å². The van der Waals surface area contributed by atoms with Crippen LogP contribution in [0.4, 0.5) is 0 Å². The molecule has 0 saturated heterocycles. The van der Waals surface area contributed by atoms with Crippen LogP contribution >= 0.6 is 11.3 Å². The quantitative estimate of drug-likeness (QED) is 0.799. The molecule has 1 aromatic heterocycles. The summed E-state index contributed by atoms with van der Waals surface area (Å²) in [5, 5.41) is 0.328. The van der Waals surface area contributed by atoms with E-state index in [1.54, 1.807) is 0 Å². The number of nitrogens with one attached hydrogen (secondary N) is 1. The fourth-order valence-electron chi connectivity index (χ4n) is 0.998. The van der Waals surface area contributed by atoms with Crippen LogP contribution in [0.1, 0.15) is 9.67 Å². The molecule has 1 heterocycles. The van der Waals surface area contributed by atoms with Gasteiger partial charge in [0.05, 0.1) is 14.2 Å². The third-order valence-electron chi connectivity index (χ3n) is 1.81. The highest BCUT2D eigenvalue weighted by atomic mass is 32.2. The summed E-state index contributed by atoms with van der Waals surface area (Å²) in [6.45, 7) is 0. The Balaban J connectivity index is 3.37. The molecule has 0 spiro atoms. The van der Waals surface area contributed by atoms with Crippen molar-refractivity contribution < 1.29 is 22.7 Å². The molecule has 0 aromatic carbocycles. The summed E-state index contributed by atoms with van der Waals surface area (Å²) in [5.74, 6) is -0.706. The van der Waals surface area contributed by atoms with Crippen LogP contribution in [0.25, 0.3) is 0 Å². The normalized spacial score (nSPS) is 11.2. The summed E-state index contributed by atoms with van der Waals surface area (Å²) < 4.78 is 34.7. The van der Waals surface area contributed by atoms with Crippen molar-refractivity contribution in [2.24, 2.45) is 0 Å². The van der Waals surface area contributed by atoms with Gasteiger partial charge in [-0.3, -0.25) is 0 Å². The number of esters is 1. The summed E-state index contributed by atoms with van der Waals surface area (Å²) in [6.07, 6.45) is 0. The number of rotatable bonds is 4. The topological polar surface area (TPSA) is 81.7 Å². The standard InChI is InChI=1S/C8H11NO5S2/c1-9-16(11,12)5-4-6(13-2)15-7(5)8(10)14-3/h4,9H,1-3H3. The highest BCUT2D eigenvalue weighted by Crippen LogP contribution is 2.32. The van der Waals surface area contributed by atoms with Gasteiger partial charge in [0.1, 0.15) is 9.77 Å². The van der Waals surface area contributed by atoms with Crippen molar-refractivity contribution in [1.82, 2.24) is 4.72 Å². The van der Waals surface area contributed by atoms with Crippen molar-refractivity contribution in [3.8, 4) is 5.06 Å². The van der Waals surface area contributed by atoms with E-state index in [1.807, 2.05) is 0 Å². The lowest BCUT2D eigenvalue weighted by molar-refractivity contribution is 0.0602. The van der Waals surface area contributed by atoms with Crippen LogP contribution in [-0.2, 0) is 14.8 Å². The Kier molecular flexibility index (Phi) is 3.89. The number of hydrogen-bond acceptors (Lipinski definition) is 6. The molecule has 1 rings (SSSR count). The van der Waals surface area contributed by atoms with Crippen LogP contribution in [0.3, 0.4) is 0 Å². The van der Waals surface area contributed by atoms with Crippen molar-refractivity contribution in [1.29, 1.82) is 0 Å². The molecule has 0 radical (unpaired) electrons. The first-order valence-electron chi connectivity index (χ1n) is 4.16. The van der Waals surface area contributed by atoms with Gasteiger partial charge < -0.3 is 9.47 Å². The average Bonchev–Trinajstić information content (AvgIpc) is 2.72. The molecule has 0 aliphatic heterocycles. The minimum absolute atomic E-state index is 0.00583. The minimum atomic E-state index is -3.69. The number of thiophene rings is 1. The third-order valence-corrected chi connectivity index (χ3v) is 4.45. The van der Waals surface area contributed by atoms with E-state index in [0.717, 1.165) is 11.3 Å². The molecule has 0 saturated carbocycles. The Morgan fingerprint density at radius 2 is 2.06 bits per heavy atom. The van der Waals surface area contributed by atoms with E-state index in [0.29, 0.717) is 5.06 Å². The van der Waals surface area contributed by atoms with E-state index in [-0.39, 0.29) is 9.77 Å². The Morgan fingerprint density at radius 3 is 2.50 bits per heavy atom. The van der Waals surface area contributed by atoms with Gasteiger partial charge in [-0.2, -0.15) is 0 Å². The van der Waals surface area contributed by atoms with Gasteiger partial charge in [-0.25, -0.2) is 17.9 Å². The molecule has 0 aliphatic carbocycles. The predicted octanol–water partition coefficient (Wildman–Crippen LogP) is 0.451. The van der Waals surface area contributed by atoms with Gasteiger partial charge in [-0.1, -0.05) is 11.3 Å². The first-order chi connectivity index (χ1) is 7.46. The second kappa shape index (κ2) is 4.81. The third kappa shape index (κ3) is 2.34. The molecule has 0 fully saturated rings. The van der Waals surface area contributed by atoms with Crippen molar-refractivity contribution in [2.75, 3.05) is 21.3 Å². The number of carbonyl (C=O) groups excluding carboxylic acids is 1. The first-order valence-corrected chi connectivity index (χ1v) is 6.46. The number of hydrogen-bond donors (Lipinski definition) is 1. The van der Waals surface area contributed by atoms with Gasteiger partial charge >= 0.3 is 5.97 Å². The first kappa shape index (κ1) is 12.9. The van der Waals surface area contributed by atoms with Gasteiger partial charge in [0.25, 0.3) is 0 Å². The summed E-state index contributed by atoms with van der Waals surface area (Å²) in [4.78, 5) is 11.2. The lowest BCUT2D eigenvalue weighted by Crippen LogP contribution is -2.20. The van der Waals surface area contributed by atoms with E-state index in [1.165, 1.54) is 27.3 Å². The molecule has 8 heteroatoms. The van der Waals surface area contributed by atoms with Crippen LogP contribution < -0.4 is 9.46 Å². The number of sulfonamides is 1. The van der Waals surface area contributed by atoms with E-state index < -0.39 is 16.0 Å². The van der Waals surface area contributed by atoms with Gasteiger partial charge in [0, 0.05) is 6.07 Å². The highest BCUT2D eigenvalue weighted by molar-refractivity contribution is 7.89. The number of ether oxygens (including phenoxy) is 2. The Morgan fingerprint density at radius 1 is 1.44 bits per heavy atom. The maximum atomic E-state index is 11.6. The summed E-state index contributed by atoms with van der Waals surface area (Å²) in [7, 11) is 0.147. The van der Waals surface area contributed by atoms with E-state index in [9.17, 15) is 13.2 Å². The molecule has 0 unspecified atom stereocenters. The second-order valence-electron chi connectivity index (χ2n) is 2.66. The van der Waals surface area contributed by atoms with Crippen molar-refractivity contribution in [2.45, 2.75) is 4.90 Å². The molecule has 16 heavy (non-hydrogen) atoms. The average molecular weight is 265 g/mol. The Bertz CT molecular complexity index is 491. The maximum absolute atomic E-state index is 11.6. The van der Waals surface area contributed by atoms with Crippen LogP contribution in [0, 0.1) is 0 Å². The fraction of sp³-hybridized carbons (Fsp3) is 0.375. The lowest BCUT2D eigenvalue weighted by Gasteiger charge is -2.01. The summed E-state index contributed by atoms with van der Waals surface area (Å²) in [5.41, 5.74) is 0. The smallest absolute Gasteiger partial charge is 0.349 e. The molecule has 0 bridgehead atoms. The molecular formula is C8H11NO5S2. The molecule has 0 amide bonds. The van der Waals surface area contributed by atoms with Gasteiger partial charge in [-0.15, -0.1) is 0 Å². The highest BCUT2D eigenvalue weighted by Gasteiger charge is 2.26. The summed E-state index contributed by atoms with van der Waals surface area (Å²) >= 11 is 0.918.